The number of β-amino-alcohol motifs (C(OH)–C–C–N with tert-alkyl or cyclic N) is 2. The molecule has 1 fully saturated rings. The van der Waals surface area contributed by atoms with Crippen molar-refractivity contribution in [3.8, 4) is 0 Å². The fourth-order valence-corrected chi connectivity index (χ4v) is 2.26. The molecule has 1 aliphatic heterocycles. The Labute approximate surface area is 115 Å². The standard InChI is InChI=1S/C12H17N3O5/c1-7(2)14-4-8(15(19)20)3-9(14)12(18)13-5-10(16)11(17)6-13/h3-4,7,10-11,16-17H,5-6H2,1-2H3. The molecule has 1 saturated heterocycles. The summed E-state index contributed by atoms with van der Waals surface area (Å²) >= 11 is 0. The van der Waals surface area contributed by atoms with Crippen molar-refractivity contribution in [2.75, 3.05) is 13.1 Å². The summed E-state index contributed by atoms with van der Waals surface area (Å²) in [5.41, 5.74) is 0.0374. The summed E-state index contributed by atoms with van der Waals surface area (Å²) in [4.78, 5) is 23.9. The summed E-state index contributed by atoms with van der Waals surface area (Å²) in [6.45, 7) is 3.68. The second-order valence-corrected chi connectivity index (χ2v) is 5.19. The Kier molecular flexibility index (Phi) is 3.78. The van der Waals surface area contributed by atoms with Crippen LogP contribution < -0.4 is 0 Å². The fourth-order valence-electron chi connectivity index (χ4n) is 2.26. The van der Waals surface area contributed by atoms with Gasteiger partial charge in [0.1, 0.15) is 5.69 Å². The molecule has 0 spiro atoms. The van der Waals surface area contributed by atoms with Crippen molar-refractivity contribution in [1.82, 2.24) is 9.47 Å². The summed E-state index contributed by atoms with van der Waals surface area (Å²) in [5, 5.41) is 29.8. The van der Waals surface area contributed by atoms with Crippen LogP contribution in [0.25, 0.3) is 0 Å². The first-order valence-electron chi connectivity index (χ1n) is 6.33. The lowest BCUT2D eigenvalue weighted by atomic mass is 10.3. The van der Waals surface area contributed by atoms with Crippen molar-refractivity contribution in [3.63, 3.8) is 0 Å². The zero-order valence-electron chi connectivity index (χ0n) is 11.3. The van der Waals surface area contributed by atoms with Gasteiger partial charge in [0, 0.05) is 25.2 Å². The van der Waals surface area contributed by atoms with Crippen molar-refractivity contribution < 1.29 is 19.9 Å². The molecule has 0 saturated carbocycles. The molecule has 1 aliphatic rings. The van der Waals surface area contributed by atoms with Gasteiger partial charge in [0.2, 0.25) is 0 Å². The van der Waals surface area contributed by atoms with Crippen LogP contribution in [0, 0.1) is 10.1 Å². The third kappa shape index (κ3) is 2.52. The lowest BCUT2D eigenvalue weighted by Crippen LogP contribution is -2.31. The van der Waals surface area contributed by atoms with Gasteiger partial charge < -0.3 is 19.7 Å². The van der Waals surface area contributed by atoms with Crippen LogP contribution in [-0.2, 0) is 0 Å². The third-order valence-corrected chi connectivity index (χ3v) is 3.37. The Balaban J connectivity index is 2.32. The molecule has 1 aromatic rings. The predicted octanol–water partition coefficient (Wildman–Crippen LogP) is 0.155. The number of hydrogen-bond donors (Lipinski definition) is 2. The van der Waals surface area contributed by atoms with Gasteiger partial charge >= 0.3 is 0 Å². The van der Waals surface area contributed by atoms with Gasteiger partial charge in [-0.2, -0.15) is 0 Å². The van der Waals surface area contributed by atoms with Crippen LogP contribution in [-0.4, -0.2) is 55.8 Å². The van der Waals surface area contributed by atoms with Crippen LogP contribution in [0.5, 0.6) is 0 Å². The molecule has 2 heterocycles. The van der Waals surface area contributed by atoms with E-state index in [1.807, 2.05) is 13.8 Å². The molecule has 0 aliphatic carbocycles. The number of aromatic nitrogens is 1. The highest BCUT2D eigenvalue weighted by Gasteiger charge is 2.35. The van der Waals surface area contributed by atoms with Gasteiger partial charge in [-0.1, -0.05) is 0 Å². The molecule has 110 valence electrons. The van der Waals surface area contributed by atoms with E-state index >= 15 is 0 Å². The number of carbonyl (C=O) groups is 1. The van der Waals surface area contributed by atoms with Gasteiger partial charge in [0.25, 0.3) is 11.6 Å². The molecule has 1 amide bonds. The van der Waals surface area contributed by atoms with E-state index in [2.05, 4.69) is 0 Å². The van der Waals surface area contributed by atoms with Crippen molar-refractivity contribution in [2.45, 2.75) is 32.1 Å². The van der Waals surface area contributed by atoms with E-state index in [1.165, 1.54) is 21.7 Å². The molecule has 8 nitrogen and oxygen atoms in total. The van der Waals surface area contributed by atoms with Gasteiger partial charge in [-0.15, -0.1) is 0 Å². The van der Waals surface area contributed by atoms with Crippen LogP contribution in [0.1, 0.15) is 30.4 Å². The second kappa shape index (κ2) is 5.22. The Morgan fingerprint density at radius 3 is 2.40 bits per heavy atom. The molecule has 0 bridgehead atoms. The molecular weight excluding hydrogens is 266 g/mol. The molecular formula is C12H17N3O5. The minimum atomic E-state index is -0.976. The molecule has 2 rings (SSSR count). The Morgan fingerprint density at radius 2 is 1.95 bits per heavy atom. The largest absolute Gasteiger partial charge is 0.388 e. The predicted molar refractivity (Wildman–Crippen MR) is 69.4 cm³/mol. The highest BCUT2D eigenvalue weighted by molar-refractivity contribution is 5.94. The summed E-state index contributed by atoms with van der Waals surface area (Å²) in [7, 11) is 0. The normalized spacial score (nSPS) is 22.6. The van der Waals surface area contributed by atoms with Gasteiger partial charge in [0.05, 0.1) is 23.3 Å². The Morgan fingerprint density at radius 1 is 1.40 bits per heavy atom. The number of nitrogens with zero attached hydrogens (tertiary/aromatic N) is 3. The van der Waals surface area contributed by atoms with E-state index in [9.17, 15) is 25.1 Å². The molecule has 0 aromatic carbocycles. The second-order valence-electron chi connectivity index (χ2n) is 5.19. The molecule has 8 heteroatoms. The average molecular weight is 283 g/mol. The third-order valence-electron chi connectivity index (χ3n) is 3.37. The fraction of sp³-hybridized carbons (Fsp3) is 0.583. The van der Waals surface area contributed by atoms with Crippen molar-refractivity contribution in [3.05, 3.63) is 28.1 Å². The smallest absolute Gasteiger partial charge is 0.287 e. The van der Waals surface area contributed by atoms with E-state index < -0.39 is 23.0 Å². The van der Waals surface area contributed by atoms with Crippen molar-refractivity contribution in [2.24, 2.45) is 0 Å². The van der Waals surface area contributed by atoms with Gasteiger partial charge in [-0.25, -0.2) is 0 Å². The van der Waals surface area contributed by atoms with Crippen LogP contribution in [0.15, 0.2) is 12.3 Å². The molecule has 2 atom stereocenters. The van der Waals surface area contributed by atoms with Crippen molar-refractivity contribution >= 4 is 11.6 Å². The lowest BCUT2D eigenvalue weighted by molar-refractivity contribution is -0.384. The monoisotopic (exact) mass is 283 g/mol. The SMILES string of the molecule is CC(C)n1cc([N+](=O)[O-])cc1C(=O)N1CC(O)C(O)C1. The van der Waals surface area contributed by atoms with Crippen LogP contribution in [0.3, 0.4) is 0 Å². The number of rotatable bonds is 3. The first-order valence-corrected chi connectivity index (χ1v) is 6.33. The minimum absolute atomic E-state index is 0.0249. The van der Waals surface area contributed by atoms with Gasteiger partial charge in [0.15, 0.2) is 0 Å². The molecule has 1 aromatic heterocycles. The minimum Gasteiger partial charge on any atom is -0.388 e. The number of amides is 1. The number of likely N-dealkylation sites (tertiary alicyclic amines) is 1. The molecule has 2 unspecified atom stereocenters. The number of aliphatic hydroxyl groups excluding tert-OH is 2. The topological polar surface area (TPSA) is 109 Å². The first kappa shape index (κ1) is 14.5. The van der Waals surface area contributed by atoms with Crippen molar-refractivity contribution in [1.29, 1.82) is 0 Å². The maximum absolute atomic E-state index is 12.4. The molecule has 0 radical (unpaired) electrons. The first-order chi connectivity index (χ1) is 9.31. The zero-order valence-corrected chi connectivity index (χ0v) is 11.3. The van der Waals surface area contributed by atoms with Crippen LogP contribution >= 0.6 is 0 Å². The van der Waals surface area contributed by atoms with E-state index in [-0.39, 0.29) is 30.5 Å². The summed E-state index contributed by atoms with van der Waals surface area (Å²) in [5.74, 6) is -0.428. The lowest BCUT2D eigenvalue weighted by Gasteiger charge is -2.18. The van der Waals surface area contributed by atoms with Crippen LogP contribution in [0.4, 0.5) is 5.69 Å². The number of aliphatic hydroxyl groups is 2. The highest BCUT2D eigenvalue weighted by Crippen LogP contribution is 2.23. The summed E-state index contributed by atoms with van der Waals surface area (Å²) in [6, 6.07) is 1.11. The van der Waals surface area contributed by atoms with Gasteiger partial charge in [-0.05, 0) is 13.8 Å². The summed E-state index contributed by atoms with van der Waals surface area (Å²) < 4.78 is 1.53. The maximum Gasteiger partial charge on any atom is 0.287 e. The van der Waals surface area contributed by atoms with E-state index in [1.54, 1.807) is 0 Å². The zero-order chi connectivity index (χ0) is 15.0. The number of nitro groups is 1. The Hall–Kier alpha value is -1.93. The molecule has 2 N–H and O–H groups in total. The summed E-state index contributed by atoms with van der Waals surface area (Å²) in [6.07, 6.45) is -0.631. The van der Waals surface area contributed by atoms with E-state index in [4.69, 9.17) is 0 Å². The van der Waals surface area contributed by atoms with E-state index in [0.717, 1.165) is 0 Å². The quantitative estimate of drug-likeness (QED) is 0.606. The van der Waals surface area contributed by atoms with Gasteiger partial charge in [-0.3, -0.25) is 14.9 Å². The van der Waals surface area contributed by atoms with Crippen LogP contribution in [0.2, 0.25) is 0 Å². The average Bonchev–Trinajstić information content (AvgIpc) is 2.93. The number of carbonyl (C=O) groups excluding carboxylic acids is 1. The molecule has 20 heavy (non-hydrogen) atoms. The number of hydrogen-bond acceptors (Lipinski definition) is 5. The maximum atomic E-state index is 12.4. The van der Waals surface area contributed by atoms with E-state index in [0.29, 0.717) is 0 Å². The Bertz CT molecular complexity index is 529. The highest BCUT2D eigenvalue weighted by atomic mass is 16.6.